The van der Waals surface area contributed by atoms with E-state index in [9.17, 15) is 0 Å². The predicted molar refractivity (Wildman–Crippen MR) is 215 cm³/mol. The second-order valence-corrected chi connectivity index (χ2v) is 14.0. The van der Waals surface area contributed by atoms with E-state index in [0.29, 0.717) is 22.5 Å². The highest BCUT2D eigenvalue weighted by Crippen LogP contribution is 2.53. The summed E-state index contributed by atoms with van der Waals surface area (Å²) in [6, 6.07) is 41.0. The van der Waals surface area contributed by atoms with Crippen LogP contribution in [0.25, 0.3) is 94.7 Å². The number of rotatable bonds is 4. The van der Waals surface area contributed by atoms with Gasteiger partial charge in [-0.2, -0.15) is 0 Å². The molecule has 3 heterocycles. The number of furan rings is 1. The summed E-state index contributed by atoms with van der Waals surface area (Å²) >= 11 is 0. The van der Waals surface area contributed by atoms with Crippen molar-refractivity contribution in [3.8, 4) is 51.0 Å². The summed E-state index contributed by atoms with van der Waals surface area (Å²) < 4.78 is 51.2. The molecule has 0 unspecified atom stereocenters. The lowest BCUT2D eigenvalue weighted by atomic mass is 9.80. The first-order valence-electron chi connectivity index (χ1n) is 20.1. The maximum absolute atomic E-state index is 8.67. The zero-order valence-corrected chi connectivity index (χ0v) is 28.8. The van der Waals surface area contributed by atoms with E-state index in [1.165, 1.54) is 33.0 Å². The van der Waals surface area contributed by atoms with E-state index in [4.69, 9.17) is 21.2 Å². The van der Waals surface area contributed by atoms with E-state index < -0.39 is 18.1 Å². The number of hydrogen-bond acceptors (Lipinski definition) is 4. The van der Waals surface area contributed by atoms with Gasteiger partial charge in [0.25, 0.3) is 0 Å². The van der Waals surface area contributed by atoms with Crippen molar-refractivity contribution in [3.63, 3.8) is 0 Å². The molecule has 0 atom stereocenters. The molecule has 5 heteroatoms. The Labute approximate surface area is 312 Å². The molecule has 1 aliphatic carbocycles. The molecular weight excluding hydrogens is 649 g/mol. The average molecular weight is 686 g/mol. The maximum Gasteiger partial charge on any atom is 0.164 e. The third kappa shape index (κ3) is 4.34. The monoisotopic (exact) mass is 685 g/mol. The van der Waals surface area contributed by atoms with E-state index >= 15 is 0 Å². The summed E-state index contributed by atoms with van der Waals surface area (Å²) in [5.41, 5.74) is 10.7. The van der Waals surface area contributed by atoms with Crippen molar-refractivity contribution in [2.45, 2.75) is 19.3 Å². The van der Waals surface area contributed by atoms with Gasteiger partial charge in [-0.15, -0.1) is 0 Å². The zero-order chi connectivity index (χ0) is 39.6. The first-order chi connectivity index (χ1) is 28.1. The molecule has 0 bridgehead atoms. The van der Waals surface area contributed by atoms with Gasteiger partial charge in [-0.05, 0) is 52.6 Å². The molecule has 10 aromatic rings. The average Bonchev–Trinajstić information content (AvgIpc) is 3.87. The van der Waals surface area contributed by atoms with E-state index in [-0.39, 0.29) is 34.7 Å². The molecule has 0 N–H and O–H groups in total. The molecule has 3 aromatic heterocycles. The molecule has 0 amide bonds. The molecule has 0 spiro atoms. The Hall–Kier alpha value is -6.85. The Kier molecular flexibility index (Phi) is 5.26. The molecule has 0 fully saturated rings. The van der Waals surface area contributed by atoms with Crippen molar-refractivity contribution in [1.82, 2.24) is 19.5 Å². The van der Waals surface area contributed by atoms with Gasteiger partial charge in [-0.25, -0.2) is 15.0 Å². The molecule has 1 aliphatic rings. The van der Waals surface area contributed by atoms with Gasteiger partial charge in [0.05, 0.1) is 23.6 Å². The lowest BCUT2D eigenvalue weighted by molar-refractivity contribution is 0.666. The van der Waals surface area contributed by atoms with E-state index in [1.807, 2.05) is 48.5 Å². The first-order valence-corrected chi connectivity index (χ1v) is 17.6. The topological polar surface area (TPSA) is 56.7 Å². The fourth-order valence-corrected chi connectivity index (χ4v) is 8.38. The van der Waals surface area contributed by atoms with Crippen LogP contribution in [0.2, 0.25) is 0 Å². The Morgan fingerprint density at radius 3 is 2.13 bits per heavy atom. The SMILES string of the molecule is [2H]c1c([2H])c([2H])c(-c2nc(-c3ccccc3)nc(-c3ccc4c(c3)oc3c(-n5c6ccccc6c6c7c(ccc65)-c5ccccc5C7(C)C)cccc34)n2)c([2H])c1[2H]. The van der Waals surface area contributed by atoms with Gasteiger partial charge in [-0.3, -0.25) is 0 Å². The van der Waals surface area contributed by atoms with Crippen molar-refractivity contribution in [3.05, 3.63) is 169 Å². The molecule has 0 saturated carbocycles. The Balaban J connectivity index is 1.12. The van der Waals surface area contributed by atoms with E-state index in [2.05, 4.69) is 102 Å². The second kappa shape index (κ2) is 11.1. The molecule has 53 heavy (non-hydrogen) atoms. The van der Waals surface area contributed by atoms with Crippen LogP contribution in [0.15, 0.2) is 162 Å². The Bertz CT molecular complexity index is 3360. The van der Waals surface area contributed by atoms with Crippen molar-refractivity contribution in [1.29, 1.82) is 0 Å². The van der Waals surface area contributed by atoms with Gasteiger partial charge >= 0.3 is 0 Å². The third-order valence-corrected chi connectivity index (χ3v) is 10.7. The van der Waals surface area contributed by atoms with Crippen molar-refractivity contribution < 1.29 is 11.3 Å². The molecule has 0 saturated heterocycles. The molecule has 7 aromatic carbocycles. The van der Waals surface area contributed by atoms with Crippen LogP contribution < -0.4 is 0 Å². The number of hydrogen-bond donors (Lipinski definition) is 0. The fourth-order valence-electron chi connectivity index (χ4n) is 8.38. The summed E-state index contributed by atoms with van der Waals surface area (Å²) in [6.07, 6.45) is 0. The summed E-state index contributed by atoms with van der Waals surface area (Å²) in [6.45, 7) is 4.65. The molecule has 5 nitrogen and oxygen atoms in total. The highest BCUT2D eigenvalue weighted by atomic mass is 16.3. The van der Waals surface area contributed by atoms with Crippen LogP contribution in [0.3, 0.4) is 0 Å². The van der Waals surface area contributed by atoms with Crippen molar-refractivity contribution in [2.75, 3.05) is 0 Å². The Morgan fingerprint density at radius 1 is 0.566 bits per heavy atom. The van der Waals surface area contributed by atoms with Gasteiger partial charge in [0.15, 0.2) is 23.1 Å². The van der Waals surface area contributed by atoms with Gasteiger partial charge in [0, 0.05) is 43.7 Å². The van der Waals surface area contributed by atoms with Crippen LogP contribution >= 0.6 is 0 Å². The van der Waals surface area contributed by atoms with Crippen LogP contribution in [-0.4, -0.2) is 19.5 Å². The van der Waals surface area contributed by atoms with E-state index in [1.54, 1.807) is 0 Å². The minimum absolute atomic E-state index is 0.0167. The van der Waals surface area contributed by atoms with Crippen LogP contribution in [0.4, 0.5) is 0 Å². The number of nitrogens with zero attached hydrogens (tertiary/aromatic N) is 4. The lowest BCUT2D eigenvalue weighted by Crippen LogP contribution is -2.15. The number of aromatic nitrogens is 4. The third-order valence-electron chi connectivity index (χ3n) is 10.7. The van der Waals surface area contributed by atoms with Gasteiger partial charge < -0.3 is 8.98 Å². The number of fused-ring (bicyclic) bond motifs is 10. The standard InChI is InChI=1S/C48H32N4O/c1-48(2)37-21-11-9-18-32(37)34-26-27-39-42(43(34)48)36-19-10-12-22-38(36)52(39)40-23-13-20-35-33-25-24-31(28-41(33)53-44(35)40)47-50-45(29-14-5-3-6-15-29)49-46(51-47)30-16-7-4-8-17-30/h3-28H,1-2H3/i3D,5D,6D,14D,15D. The predicted octanol–water partition coefficient (Wildman–Crippen LogP) is 12.2. The normalized spacial score (nSPS) is 14.6. The minimum atomic E-state index is -0.481. The smallest absolute Gasteiger partial charge is 0.164 e. The highest BCUT2D eigenvalue weighted by Gasteiger charge is 2.38. The van der Waals surface area contributed by atoms with Crippen molar-refractivity contribution in [2.24, 2.45) is 0 Å². The number of para-hydroxylation sites is 2. The maximum atomic E-state index is 8.67. The summed E-state index contributed by atoms with van der Waals surface area (Å²) in [5.74, 6) is 0.568. The van der Waals surface area contributed by atoms with Crippen LogP contribution in [0, 0.1) is 0 Å². The van der Waals surface area contributed by atoms with Crippen LogP contribution in [0.5, 0.6) is 0 Å². The molecular formula is C48H32N4O. The lowest BCUT2D eigenvalue weighted by Gasteiger charge is -2.22. The summed E-state index contributed by atoms with van der Waals surface area (Å²) in [4.78, 5) is 14.2. The molecule has 0 radical (unpaired) electrons. The molecule has 11 rings (SSSR count). The number of benzene rings is 7. The van der Waals surface area contributed by atoms with Gasteiger partial charge in [-0.1, -0.05) is 141 Å². The van der Waals surface area contributed by atoms with Gasteiger partial charge in [0.1, 0.15) is 5.58 Å². The minimum Gasteiger partial charge on any atom is -0.454 e. The van der Waals surface area contributed by atoms with Crippen LogP contribution in [-0.2, 0) is 5.41 Å². The molecule has 250 valence electrons. The van der Waals surface area contributed by atoms with Gasteiger partial charge in [0.2, 0.25) is 0 Å². The van der Waals surface area contributed by atoms with E-state index in [0.717, 1.165) is 33.1 Å². The molecule has 0 aliphatic heterocycles. The fraction of sp³-hybridized carbons (Fsp3) is 0.0625. The van der Waals surface area contributed by atoms with Crippen molar-refractivity contribution >= 4 is 43.7 Å². The van der Waals surface area contributed by atoms with Crippen LogP contribution in [0.1, 0.15) is 31.8 Å². The zero-order valence-electron chi connectivity index (χ0n) is 33.8. The highest BCUT2D eigenvalue weighted by molar-refractivity contribution is 6.16. The summed E-state index contributed by atoms with van der Waals surface area (Å²) in [5, 5.41) is 4.30. The Morgan fingerprint density at radius 2 is 1.28 bits per heavy atom. The second-order valence-electron chi connectivity index (χ2n) is 14.0. The largest absolute Gasteiger partial charge is 0.454 e. The first kappa shape index (κ1) is 25.2. The summed E-state index contributed by atoms with van der Waals surface area (Å²) in [7, 11) is 0. The quantitative estimate of drug-likeness (QED) is 0.185.